The first-order chi connectivity index (χ1) is 28.1. The molecule has 0 radical (unpaired) electrons. The van der Waals surface area contributed by atoms with Gasteiger partial charge in [0.15, 0.2) is 5.84 Å². The summed E-state index contributed by atoms with van der Waals surface area (Å²) in [6.07, 6.45) is 0. The topological polar surface area (TPSA) is 31.2 Å². The van der Waals surface area contributed by atoms with Gasteiger partial charge < -0.3 is 9.80 Å². The molecule has 4 heteroatoms. The highest BCUT2D eigenvalue weighted by Crippen LogP contribution is 2.60. The van der Waals surface area contributed by atoms with Crippen LogP contribution in [-0.4, -0.2) is 11.5 Å². The van der Waals surface area contributed by atoms with Crippen LogP contribution in [0.15, 0.2) is 217 Å². The predicted octanol–water partition coefficient (Wildman–Crippen LogP) is 14.2. The van der Waals surface area contributed by atoms with Gasteiger partial charge in [0.2, 0.25) is 0 Å². The number of para-hydroxylation sites is 3. The summed E-state index contributed by atoms with van der Waals surface area (Å²) in [4.78, 5) is 15.1. The van der Waals surface area contributed by atoms with E-state index < -0.39 is 0 Å². The van der Waals surface area contributed by atoms with E-state index in [1.54, 1.807) is 0 Å². The average Bonchev–Trinajstić information content (AvgIpc) is 3.40. The van der Waals surface area contributed by atoms with E-state index in [2.05, 4.69) is 163 Å². The predicted molar refractivity (Wildman–Crippen MR) is 240 cm³/mol. The number of hydrogen-bond acceptors (Lipinski definition) is 3. The molecule has 0 unspecified atom stereocenters. The molecule has 0 aliphatic carbocycles. The number of rotatable bonds is 6. The summed E-state index contributed by atoms with van der Waals surface area (Å²) in [6, 6.07) is 70.6. The van der Waals surface area contributed by atoms with Crippen LogP contribution < -0.4 is 9.80 Å². The highest BCUT2D eigenvalue weighted by atomic mass is 15.3. The summed E-state index contributed by atoms with van der Waals surface area (Å²) < 4.78 is 0. The number of hydrogen-bond donors (Lipinski definition) is 0. The largest absolute Gasteiger partial charge is 0.306 e. The number of aliphatic imine (C=N–C) groups is 2. The van der Waals surface area contributed by atoms with Gasteiger partial charge in [-0.1, -0.05) is 164 Å². The molecule has 0 fully saturated rings. The standard InChI is InChI=1S/C53H38N4/c1-36(38-17-6-3-7-18-38)54-53(41-21-10-5-11-22-41)55-37(2)42-31-34-48-47(35-42)45-24-13-12-23-44(45)46-25-16-28-51-52(46)57(48)50-27-15-14-26-49(50)56(51)43-32-29-40(30-33-43)39-19-8-4-9-20-39/h3-35H,1H2,2H3. The van der Waals surface area contributed by atoms with Crippen molar-refractivity contribution in [2.45, 2.75) is 6.92 Å². The van der Waals surface area contributed by atoms with Gasteiger partial charge >= 0.3 is 0 Å². The number of amidine groups is 1. The summed E-state index contributed by atoms with van der Waals surface area (Å²) in [5.74, 6) is 0.621. The molecule has 0 spiro atoms. The third-order valence-electron chi connectivity index (χ3n) is 10.9. The Hall–Kier alpha value is -7.56. The van der Waals surface area contributed by atoms with Crippen LogP contribution in [0.4, 0.5) is 34.1 Å². The van der Waals surface area contributed by atoms with Gasteiger partial charge in [-0.3, -0.25) is 0 Å². The molecule has 270 valence electrons. The summed E-state index contributed by atoms with van der Waals surface area (Å²) in [5.41, 5.74) is 18.3. The van der Waals surface area contributed by atoms with E-state index in [0.29, 0.717) is 11.5 Å². The minimum atomic E-state index is 0.621. The second-order valence-corrected chi connectivity index (χ2v) is 14.3. The maximum Gasteiger partial charge on any atom is 0.160 e. The first-order valence-corrected chi connectivity index (χ1v) is 19.3. The van der Waals surface area contributed by atoms with Gasteiger partial charge in [0, 0.05) is 28.1 Å². The maximum absolute atomic E-state index is 5.21. The highest BCUT2D eigenvalue weighted by Gasteiger charge is 2.36. The number of anilines is 6. The van der Waals surface area contributed by atoms with Crippen molar-refractivity contribution in [3.63, 3.8) is 0 Å². The SMILES string of the molecule is C=C(N=C(N=C(C)c1ccc2c(c1)-c1ccccc1-c1cccc3c1N2c1ccccc1N3c1ccc(-c2ccccc2)cc1)c1ccccc1)c1ccccc1. The maximum atomic E-state index is 5.21. The van der Waals surface area contributed by atoms with Crippen molar-refractivity contribution in [2.75, 3.05) is 9.80 Å². The van der Waals surface area contributed by atoms with Gasteiger partial charge in [0.05, 0.1) is 34.1 Å². The lowest BCUT2D eigenvalue weighted by atomic mass is 9.93. The molecule has 8 aromatic rings. The summed E-state index contributed by atoms with van der Waals surface area (Å²) in [7, 11) is 0. The molecule has 0 saturated carbocycles. The minimum absolute atomic E-state index is 0.621. The van der Waals surface area contributed by atoms with Crippen LogP contribution in [0, 0.1) is 0 Å². The van der Waals surface area contributed by atoms with Gasteiger partial charge in [-0.05, 0) is 82.8 Å². The van der Waals surface area contributed by atoms with Gasteiger partial charge in [-0.15, -0.1) is 0 Å². The lowest BCUT2D eigenvalue weighted by Crippen LogP contribution is -2.24. The zero-order valence-corrected chi connectivity index (χ0v) is 31.5. The molecule has 4 nitrogen and oxygen atoms in total. The molecule has 0 saturated heterocycles. The quantitative estimate of drug-likeness (QED) is 0.126. The van der Waals surface area contributed by atoms with Crippen molar-refractivity contribution in [2.24, 2.45) is 9.98 Å². The van der Waals surface area contributed by atoms with Crippen LogP contribution in [0.5, 0.6) is 0 Å². The lowest BCUT2D eigenvalue weighted by Gasteiger charge is -2.41. The zero-order valence-electron chi connectivity index (χ0n) is 31.5. The van der Waals surface area contributed by atoms with Crippen molar-refractivity contribution in [3.8, 4) is 33.4 Å². The van der Waals surface area contributed by atoms with E-state index in [1.165, 1.54) is 27.8 Å². The Kier molecular flexibility index (Phi) is 8.50. The molecule has 8 aromatic carbocycles. The Balaban J connectivity index is 1.12. The highest BCUT2D eigenvalue weighted by molar-refractivity contribution is 6.15. The van der Waals surface area contributed by atoms with E-state index in [-0.39, 0.29) is 0 Å². The molecule has 0 aromatic heterocycles. The van der Waals surface area contributed by atoms with Crippen LogP contribution in [0.25, 0.3) is 39.1 Å². The number of benzene rings is 8. The molecular formula is C53H38N4. The van der Waals surface area contributed by atoms with Crippen molar-refractivity contribution in [1.29, 1.82) is 0 Å². The second kappa shape index (κ2) is 14.3. The molecule has 2 heterocycles. The van der Waals surface area contributed by atoms with E-state index >= 15 is 0 Å². The van der Waals surface area contributed by atoms with Gasteiger partial charge in [0.1, 0.15) is 0 Å². The normalized spacial score (nSPS) is 12.9. The van der Waals surface area contributed by atoms with Crippen LogP contribution in [0.2, 0.25) is 0 Å². The molecule has 0 N–H and O–H groups in total. The fraction of sp³-hybridized carbons (Fsp3) is 0.0189. The Morgan fingerprint density at radius 2 is 0.947 bits per heavy atom. The third-order valence-corrected chi connectivity index (χ3v) is 10.9. The van der Waals surface area contributed by atoms with Crippen LogP contribution >= 0.6 is 0 Å². The summed E-state index contributed by atoms with van der Waals surface area (Å²) in [6.45, 7) is 6.37. The van der Waals surface area contributed by atoms with Crippen molar-refractivity contribution in [3.05, 3.63) is 223 Å². The van der Waals surface area contributed by atoms with Crippen molar-refractivity contribution < 1.29 is 0 Å². The fourth-order valence-corrected chi connectivity index (χ4v) is 8.13. The van der Waals surface area contributed by atoms with Crippen molar-refractivity contribution >= 4 is 51.4 Å². The average molecular weight is 731 g/mol. The van der Waals surface area contributed by atoms with Crippen LogP contribution in [-0.2, 0) is 0 Å². The van der Waals surface area contributed by atoms with E-state index in [4.69, 9.17) is 9.98 Å². The molecule has 2 aliphatic heterocycles. The van der Waals surface area contributed by atoms with E-state index in [9.17, 15) is 0 Å². The van der Waals surface area contributed by atoms with Gasteiger partial charge in [0.25, 0.3) is 0 Å². The lowest BCUT2D eigenvalue weighted by molar-refractivity contribution is 1.17. The molecule has 0 bridgehead atoms. The first-order valence-electron chi connectivity index (χ1n) is 19.3. The molecule has 0 atom stereocenters. The Morgan fingerprint density at radius 3 is 1.65 bits per heavy atom. The monoisotopic (exact) mass is 730 g/mol. The molecule has 57 heavy (non-hydrogen) atoms. The number of nitrogens with zero attached hydrogens (tertiary/aromatic N) is 4. The molecule has 10 rings (SSSR count). The molecular weight excluding hydrogens is 693 g/mol. The zero-order chi connectivity index (χ0) is 38.3. The van der Waals surface area contributed by atoms with Crippen LogP contribution in [0.3, 0.4) is 0 Å². The molecule has 2 aliphatic rings. The first kappa shape index (κ1) is 34.0. The Labute approximate surface area is 333 Å². The van der Waals surface area contributed by atoms with Crippen molar-refractivity contribution in [1.82, 2.24) is 0 Å². The summed E-state index contributed by atoms with van der Waals surface area (Å²) >= 11 is 0. The Bertz CT molecular complexity index is 2860. The van der Waals surface area contributed by atoms with Gasteiger partial charge in [-0.25, -0.2) is 9.98 Å². The smallest absolute Gasteiger partial charge is 0.160 e. The van der Waals surface area contributed by atoms with E-state index in [0.717, 1.165) is 62.1 Å². The van der Waals surface area contributed by atoms with E-state index in [1.807, 2.05) is 60.7 Å². The fourth-order valence-electron chi connectivity index (χ4n) is 8.13. The molecule has 0 amide bonds. The minimum Gasteiger partial charge on any atom is -0.306 e. The van der Waals surface area contributed by atoms with Crippen LogP contribution in [0.1, 0.15) is 23.6 Å². The second-order valence-electron chi connectivity index (χ2n) is 14.3. The Morgan fingerprint density at radius 1 is 0.404 bits per heavy atom. The number of fused-ring (bicyclic) bond motifs is 7. The third kappa shape index (κ3) is 6.05. The van der Waals surface area contributed by atoms with Gasteiger partial charge in [-0.2, -0.15) is 0 Å². The summed E-state index contributed by atoms with van der Waals surface area (Å²) in [5, 5.41) is 0.